The van der Waals surface area contributed by atoms with Crippen LogP contribution in [0.2, 0.25) is 5.02 Å². The minimum absolute atomic E-state index is 0.121. The molecular formula is C25H38ClN5O2. The Bertz CT molecular complexity index is 958. The van der Waals surface area contributed by atoms with E-state index in [9.17, 15) is 4.79 Å². The van der Waals surface area contributed by atoms with E-state index in [1.54, 1.807) is 18.0 Å². The van der Waals surface area contributed by atoms with Crippen LogP contribution in [0.1, 0.15) is 70.8 Å². The lowest BCUT2D eigenvalue weighted by atomic mass is 9.83. The second-order valence-electron chi connectivity index (χ2n) is 10.3. The third kappa shape index (κ3) is 6.40. The van der Waals surface area contributed by atoms with Gasteiger partial charge in [-0.3, -0.25) is 9.48 Å². The van der Waals surface area contributed by atoms with Crippen molar-refractivity contribution in [3.05, 3.63) is 23.0 Å². The van der Waals surface area contributed by atoms with Crippen LogP contribution >= 0.6 is 11.6 Å². The van der Waals surface area contributed by atoms with Crippen LogP contribution in [0.5, 0.6) is 5.75 Å². The number of hydrogen-bond donors (Lipinski definition) is 2. The number of halogens is 1. The smallest absolute Gasteiger partial charge is 0.273 e. The minimum atomic E-state index is -0.234. The summed E-state index contributed by atoms with van der Waals surface area (Å²) in [6, 6.07) is 1.86. The molecule has 3 rings (SSSR count). The number of rotatable bonds is 8. The number of amides is 1. The molecule has 182 valence electrons. The summed E-state index contributed by atoms with van der Waals surface area (Å²) in [7, 11) is 1.62. The molecular weight excluding hydrogens is 438 g/mol. The summed E-state index contributed by atoms with van der Waals surface area (Å²) in [4.78, 5) is 17.5. The van der Waals surface area contributed by atoms with Crippen molar-refractivity contribution in [3.8, 4) is 17.0 Å². The van der Waals surface area contributed by atoms with Gasteiger partial charge in [-0.15, -0.1) is 0 Å². The first kappa shape index (κ1) is 25.3. The molecule has 2 aromatic rings. The van der Waals surface area contributed by atoms with E-state index in [0.717, 1.165) is 31.1 Å². The molecule has 1 aliphatic rings. The first-order chi connectivity index (χ1) is 15.6. The molecule has 0 atom stereocenters. The van der Waals surface area contributed by atoms with Gasteiger partial charge >= 0.3 is 0 Å². The zero-order valence-electron chi connectivity index (χ0n) is 20.8. The molecule has 33 heavy (non-hydrogen) atoms. The Labute approximate surface area is 202 Å². The lowest BCUT2D eigenvalue weighted by molar-refractivity contribution is 0.0936. The third-order valence-electron chi connectivity index (χ3n) is 6.24. The molecule has 0 aliphatic heterocycles. The standard InChI is InChI=1S/C25H38ClN5O2/c1-7-31-23(18-14-27-20(12-19(18)33-6)29-15-25(3,4)5)21(26)22(30-31)24(32)28-13-17-10-8-16(2)9-11-17/h12,14,16-17H,7-11,13,15H2,1-6H3,(H,27,29)(H,28,32). The molecule has 1 fully saturated rings. The van der Waals surface area contributed by atoms with Gasteiger partial charge < -0.3 is 15.4 Å². The van der Waals surface area contributed by atoms with Crippen LogP contribution in [0.15, 0.2) is 12.3 Å². The molecule has 2 heterocycles. The van der Waals surface area contributed by atoms with Gasteiger partial charge in [0.2, 0.25) is 0 Å². The molecule has 7 nitrogen and oxygen atoms in total. The van der Waals surface area contributed by atoms with E-state index >= 15 is 0 Å². The topological polar surface area (TPSA) is 81.1 Å². The van der Waals surface area contributed by atoms with Gasteiger partial charge in [0.25, 0.3) is 5.91 Å². The molecule has 0 aromatic carbocycles. The van der Waals surface area contributed by atoms with E-state index in [1.807, 2.05) is 13.0 Å². The Kier molecular flexibility index (Phi) is 8.27. The highest BCUT2D eigenvalue weighted by atomic mass is 35.5. The van der Waals surface area contributed by atoms with Gasteiger partial charge in [-0.05, 0) is 37.0 Å². The highest BCUT2D eigenvalue weighted by Gasteiger charge is 2.26. The Morgan fingerprint density at radius 3 is 2.58 bits per heavy atom. The number of ether oxygens (including phenoxy) is 1. The number of hydrogen-bond acceptors (Lipinski definition) is 5. The number of aryl methyl sites for hydroxylation is 1. The second kappa shape index (κ2) is 10.8. The van der Waals surface area contributed by atoms with Crippen LogP contribution in [-0.4, -0.2) is 40.9 Å². The summed E-state index contributed by atoms with van der Waals surface area (Å²) in [5, 5.41) is 11.2. The van der Waals surface area contributed by atoms with Gasteiger partial charge in [0.1, 0.15) is 11.6 Å². The van der Waals surface area contributed by atoms with Crippen LogP contribution in [0.25, 0.3) is 11.3 Å². The minimum Gasteiger partial charge on any atom is -0.496 e. The lowest BCUT2D eigenvalue weighted by Gasteiger charge is -2.26. The highest BCUT2D eigenvalue weighted by Crippen LogP contribution is 2.37. The number of anilines is 1. The van der Waals surface area contributed by atoms with Gasteiger partial charge in [0.15, 0.2) is 5.69 Å². The maximum atomic E-state index is 12.9. The maximum Gasteiger partial charge on any atom is 0.273 e. The lowest BCUT2D eigenvalue weighted by Crippen LogP contribution is -2.31. The predicted molar refractivity (Wildman–Crippen MR) is 134 cm³/mol. The molecule has 8 heteroatoms. The number of carbonyl (C=O) groups is 1. The fourth-order valence-corrected chi connectivity index (χ4v) is 4.48. The largest absolute Gasteiger partial charge is 0.496 e. The van der Waals surface area contributed by atoms with E-state index in [0.29, 0.717) is 41.0 Å². The Balaban J connectivity index is 1.81. The van der Waals surface area contributed by atoms with Crippen molar-refractivity contribution in [2.45, 2.75) is 66.8 Å². The van der Waals surface area contributed by atoms with Crippen molar-refractivity contribution in [1.29, 1.82) is 0 Å². The summed E-state index contributed by atoms with van der Waals surface area (Å²) in [6.07, 6.45) is 6.49. The fourth-order valence-electron chi connectivity index (χ4n) is 4.16. The summed E-state index contributed by atoms with van der Waals surface area (Å²) < 4.78 is 7.39. The maximum absolute atomic E-state index is 12.9. The molecule has 0 unspecified atom stereocenters. The van der Waals surface area contributed by atoms with E-state index in [1.165, 1.54) is 12.8 Å². The van der Waals surface area contributed by atoms with Crippen LogP contribution in [-0.2, 0) is 6.54 Å². The van der Waals surface area contributed by atoms with Crippen molar-refractivity contribution in [3.63, 3.8) is 0 Å². The third-order valence-corrected chi connectivity index (χ3v) is 6.59. The Morgan fingerprint density at radius 2 is 1.97 bits per heavy atom. The van der Waals surface area contributed by atoms with Crippen LogP contribution in [0.3, 0.4) is 0 Å². The van der Waals surface area contributed by atoms with Crippen LogP contribution in [0.4, 0.5) is 5.82 Å². The van der Waals surface area contributed by atoms with Gasteiger partial charge in [-0.2, -0.15) is 5.10 Å². The summed E-state index contributed by atoms with van der Waals surface area (Å²) in [5.74, 6) is 2.43. The van der Waals surface area contributed by atoms with Crippen molar-refractivity contribution in [1.82, 2.24) is 20.1 Å². The van der Waals surface area contributed by atoms with Gasteiger partial charge in [-0.25, -0.2) is 4.98 Å². The van der Waals surface area contributed by atoms with E-state index in [-0.39, 0.29) is 17.0 Å². The average Bonchev–Trinajstić information content (AvgIpc) is 3.12. The van der Waals surface area contributed by atoms with Gasteiger partial charge in [0.05, 0.1) is 23.4 Å². The highest BCUT2D eigenvalue weighted by molar-refractivity contribution is 6.36. The summed E-state index contributed by atoms with van der Waals surface area (Å²) in [5.41, 5.74) is 1.71. The molecule has 1 saturated carbocycles. The number of carbonyl (C=O) groups excluding carboxylic acids is 1. The van der Waals surface area contributed by atoms with E-state index < -0.39 is 0 Å². The number of methoxy groups -OCH3 is 1. The normalized spacial score (nSPS) is 18.8. The number of nitrogens with one attached hydrogen (secondary N) is 2. The van der Waals surface area contributed by atoms with Crippen molar-refractivity contribution in [2.24, 2.45) is 17.3 Å². The van der Waals surface area contributed by atoms with Crippen LogP contribution in [0, 0.1) is 17.3 Å². The molecule has 0 radical (unpaired) electrons. The van der Waals surface area contributed by atoms with E-state index in [2.05, 4.69) is 48.4 Å². The first-order valence-corrected chi connectivity index (χ1v) is 12.3. The molecule has 2 aromatic heterocycles. The first-order valence-electron chi connectivity index (χ1n) is 12.0. The van der Waals surface area contributed by atoms with Gasteiger partial charge in [0, 0.05) is 31.9 Å². The summed E-state index contributed by atoms with van der Waals surface area (Å²) >= 11 is 6.72. The molecule has 1 aliphatic carbocycles. The average molecular weight is 476 g/mol. The molecule has 0 spiro atoms. The second-order valence-corrected chi connectivity index (χ2v) is 10.7. The number of aromatic nitrogens is 3. The van der Waals surface area contributed by atoms with Gasteiger partial charge in [-0.1, -0.05) is 52.1 Å². The molecule has 2 N–H and O–H groups in total. The Hall–Kier alpha value is -2.28. The van der Waals surface area contributed by atoms with Crippen molar-refractivity contribution >= 4 is 23.3 Å². The summed E-state index contributed by atoms with van der Waals surface area (Å²) in [6.45, 7) is 12.7. The molecule has 0 bridgehead atoms. The predicted octanol–water partition coefficient (Wildman–Crippen LogP) is 5.64. The zero-order chi connectivity index (χ0) is 24.2. The Morgan fingerprint density at radius 1 is 1.27 bits per heavy atom. The molecule has 0 saturated heterocycles. The van der Waals surface area contributed by atoms with E-state index in [4.69, 9.17) is 16.3 Å². The zero-order valence-corrected chi connectivity index (χ0v) is 21.6. The number of nitrogens with zero attached hydrogens (tertiary/aromatic N) is 3. The quantitative estimate of drug-likeness (QED) is 0.516. The van der Waals surface area contributed by atoms with Crippen molar-refractivity contribution < 1.29 is 9.53 Å². The SMILES string of the molecule is CCn1nc(C(=O)NCC2CCC(C)CC2)c(Cl)c1-c1cnc(NCC(C)(C)C)cc1OC. The van der Waals surface area contributed by atoms with Crippen LogP contribution < -0.4 is 15.4 Å². The fraction of sp³-hybridized carbons (Fsp3) is 0.640. The number of pyridine rings is 1. The molecule has 1 amide bonds. The monoisotopic (exact) mass is 475 g/mol. The van der Waals surface area contributed by atoms with Crippen molar-refractivity contribution in [2.75, 3.05) is 25.5 Å².